The molecule has 3 amide bonds. The molecule has 2 N–H and O–H groups in total. The van der Waals surface area contributed by atoms with Crippen molar-refractivity contribution in [3.05, 3.63) is 71.1 Å². The van der Waals surface area contributed by atoms with Crippen LogP contribution in [0.3, 0.4) is 0 Å². The van der Waals surface area contributed by atoms with Crippen LogP contribution in [0.25, 0.3) is 6.08 Å². The zero-order valence-corrected chi connectivity index (χ0v) is 16.6. The molecule has 2 aromatic carbocycles. The Balaban J connectivity index is 1.55. The maximum absolute atomic E-state index is 12.2. The second kappa shape index (κ2) is 9.23. The molecule has 1 saturated heterocycles. The Morgan fingerprint density at radius 2 is 1.80 bits per heavy atom. The number of benzene rings is 2. The molecule has 0 atom stereocenters. The molecule has 1 aliphatic heterocycles. The summed E-state index contributed by atoms with van der Waals surface area (Å²) in [4.78, 5) is 36.3. The number of amides is 3. The number of ether oxygens (including phenoxy) is 1. The van der Waals surface area contributed by atoms with Gasteiger partial charge in [0.05, 0.1) is 11.0 Å². The van der Waals surface area contributed by atoms with Crippen LogP contribution in [0.5, 0.6) is 0 Å². The third kappa shape index (κ3) is 5.67. The van der Waals surface area contributed by atoms with E-state index in [2.05, 4.69) is 10.0 Å². The summed E-state index contributed by atoms with van der Waals surface area (Å²) in [6.45, 7) is 0.0180. The summed E-state index contributed by atoms with van der Waals surface area (Å²) < 4.78 is 31.6. The number of hydrogen-bond donors (Lipinski definition) is 2. The normalized spacial score (nSPS) is 13.9. The van der Waals surface area contributed by atoms with Crippen LogP contribution in [-0.2, 0) is 19.6 Å². The Kier molecular flexibility index (Phi) is 6.48. The summed E-state index contributed by atoms with van der Waals surface area (Å²) in [6, 6.07) is 14.0. The van der Waals surface area contributed by atoms with Gasteiger partial charge < -0.3 is 10.1 Å². The highest BCUT2D eigenvalue weighted by molar-refractivity contribution is 7.95. The highest BCUT2D eigenvalue weighted by Crippen LogP contribution is 2.14. The molecule has 1 aliphatic rings. The lowest BCUT2D eigenvalue weighted by atomic mass is 10.2. The fraction of sp³-hybridized carbons (Fsp3) is 0.150. The minimum Gasteiger partial charge on any atom is -0.452 e. The summed E-state index contributed by atoms with van der Waals surface area (Å²) >= 11 is 0. The minimum atomic E-state index is -3.74. The van der Waals surface area contributed by atoms with Gasteiger partial charge in [-0.2, -0.15) is 0 Å². The van der Waals surface area contributed by atoms with Gasteiger partial charge in [0.25, 0.3) is 15.9 Å². The monoisotopic (exact) mass is 429 g/mol. The predicted molar refractivity (Wildman–Crippen MR) is 110 cm³/mol. The van der Waals surface area contributed by atoms with Crippen LogP contribution in [0.15, 0.2) is 60.0 Å². The lowest BCUT2D eigenvalue weighted by molar-refractivity contribution is -0.130. The van der Waals surface area contributed by atoms with Crippen molar-refractivity contribution in [1.29, 1.82) is 0 Å². The fourth-order valence-electron chi connectivity index (χ4n) is 2.60. The molecule has 1 fully saturated rings. The van der Waals surface area contributed by atoms with Crippen LogP contribution in [0.2, 0.25) is 0 Å². The third-order valence-corrected chi connectivity index (χ3v) is 5.12. The molecule has 0 bridgehead atoms. The van der Waals surface area contributed by atoms with Crippen molar-refractivity contribution >= 4 is 39.7 Å². The van der Waals surface area contributed by atoms with E-state index in [1.54, 1.807) is 24.3 Å². The Hall–Kier alpha value is -3.66. The van der Waals surface area contributed by atoms with Gasteiger partial charge in [-0.1, -0.05) is 30.3 Å². The number of sulfonamides is 1. The smallest absolute Gasteiger partial charge is 0.338 e. The molecule has 156 valence electrons. The number of imide groups is 1. The van der Waals surface area contributed by atoms with E-state index >= 15 is 0 Å². The topological polar surface area (TPSA) is 122 Å². The highest BCUT2D eigenvalue weighted by atomic mass is 32.2. The molecule has 0 unspecified atom stereocenters. The van der Waals surface area contributed by atoms with Crippen molar-refractivity contribution in [2.24, 2.45) is 0 Å². The quantitative estimate of drug-likeness (QED) is 0.648. The Morgan fingerprint density at radius 1 is 1.10 bits per heavy atom. The van der Waals surface area contributed by atoms with E-state index in [4.69, 9.17) is 4.74 Å². The molecule has 0 aromatic heterocycles. The van der Waals surface area contributed by atoms with Gasteiger partial charge >= 0.3 is 12.0 Å². The number of nitrogens with one attached hydrogen (secondary N) is 2. The Labute approximate surface area is 173 Å². The van der Waals surface area contributed by atoms with Crippen LogP contribution < -0.4 is 10.0 Å². The number of rotatable bonds is 7. The summed E-state index contributed by atoms with van der Waals surface area (Å²) in [5, 5.41) is 3.52. The largest absolute Gasteiger partial charge is 0.452 e. The summed E-state index contributed by atoms with van der Waals surface area (Å²) in [5.41, 5.74) is 1.13. The number of hydrogen-bond acceptors (Lipinski definition) is 6. The van der Waals surface area contributed by atoms with Gasteiger partial charge in [-0.15, -0.1) is 0 Å². The first-order valence-corrected chi connectivity index (χ1v) is 10.5. The molecule has 2 aromatic rings. The van der Waals surface area contributed by atoms with Gasteiger partial charge in [0.1, 0.15) is 0 Å². The number of carbonyl (C=O) groups excluding carboxylic acids is 3. The van der Waals surface area contributed by atoms with Crippen molar-refractivity contribution in [1.82, 2.24) is 10.2 Å². The summed E-state index contributed by atoms with van der Waals surface area (Å²) in [7, 11) is -3.74. The second-order valence-corrected chi connectivity index (χ2v) is 7.86. The molecule has 0 radical (unpaired) electrons. The van der Waals surface area contributed by atoms with E-state index in [1.165, 1.54) is 30.3 Å². The molecule has 1 heterocycles. The lowest BCUT2D eigenvalue weighted by Gasteiger charge is -2.12. The van der Waals surface area contributed by atoms with Gasteiger partial charge in [0.2, 0.25) is 0 Å². The first-order valence-electron chi connectivity index (χ1n) is 8.95. The first-order chi connectivity index (χ1) is 14.3. The van der Waals surface area contributed by atoms with Crippen LogP contribution >= 0.6 is 0 Å². The minimum absolute atomic E-state index is 0.136. The maximum Gasteiger partial charge on any atom is 0.338 e. The van der Waals surface area contributed by atoms with Gasteiger partial charge in [-0.3, -0.25) is 14.4 Å². The molecular weight excluding hydrogens is 410 g/mol. The van der Waals surface area contributed by atoms with E-state index in [0.717, 1.165) is 15.9 Å². The van der Waals surface area contributed by atoms with Gasteiger partial charge in [0, 0.05) is 18.8 Å². The number of anilines is 1. The van der Waals surface area contributed by atoms with Crippen molar-refractivity contribution in [2.45, 2.75) is 0 Å². The molecule has 30 heavy (non-hydrogen) atoms. The van der Waals surface area contributed by atoms with E-state index in [0.29, 0.717) is 6.54 Å². The highest BCUT2D eigenvalue weighted by Gasteiger charge is 2.26. The molecule has 10 heteroatoms. The third-order valence-electron chi connectivity index (χ3n) is 4.10. The average molecular weight is 429 g/mol. The van der Waals surface area contributed by atoms with Gasteiger partial charge in [0.15, 0.2) is 6.61 Å². The molecular formula is C20H19N3O6S. The van der Waals surface area contributed by atoms with Crippen LogP contribution in [0.4, 0.5) is 10.5 Å². The van der Waals surface area contributed by atoms with E-state index in [1.807, 2.05) is 6.07 Å². The van der Waals surface area contributed by atoms with Crippen molar-refractivity contribution in [3.8, 4) is 0 Å². The second-order valence-electron chi connectivity index (χ2n) is 6.29. The predicted octanol–water partition coefficient (Wildman–Crippen LogP) is 1.81. The van der Waals surface area contributed by atoms with E-state index in [-0.39, 0.29) is 17.8 Å². The zero-order chi connectivity index (χ0) is 21.6. The summed E-state index contributed by atoms with van der Waals surface area (Å²) in [6.07, 6.45) is 1.46. The van der Waals surface area contributed by atoms with Gasteiger partial charge in [-0.25, -0.2) is 18.0 Å². The molecule has 0 aliphatic carbocycles. The Bertz CT molecular complexity index is 1070. The standard InChI is InChI=1S/C20H19N3O6S/c24-18(23-12-11-21-20(23)26)14-29-19(25)16-6-8-17(9-7-16)22-30(27,28)13-10-15-4-2-1-3-5-15/h1-10,13,22H,11-12,14H2,(H,21,26)/b13-10+. The number of urea groups is 1. The Morgan fingerprint density at radius 3 is 2.43 bits per heavy atom. The van der Waals surface area contributed by atoms with Crippen LogP contribution in [-0.4, -0.2) is 50.9 Å². The molecule has 0 saturated carbocycles. The number of nitrogens with zero attached hydrogens (tertiary/aromatic N) is 1. The molecule has 9 nitrogen and oxygen atoms in total. The van der Waals surface area contributed by atoms with Crippen molar-refractivity contribution < 1.29 is 27.5 Å². The average Bonchev–Trinajstić information content (AvgIpc) is 3.17. The summed E-state index contributed by atoms with van der Waals surface area (Å²) in [5.74, 6) is -1.38. The van der Waals surface area contributed by atoms with Crippen molar-refractivity contribution in [3.63, 3.8) is 0 Å². The SMILES string of the molecule is O=C(OCC(=O)N1CCNC1=O)c1ccc(NS(=O)(=O)/C=C/c2ccccc2)cc1. The van der Waals surface area contributed by atoms with Gasteiger partial charge in [-0.05, 0) is 35.9 Å². The van der Waals surface area contributed by atoms with Crippen LogP contribution in [0, 0.1) is 0 Å². The van der Waals surface area contributed by atoms with E-state index < -0.39 is 34.5 Å². The zero-order valence-electron chi connectivity index (χ0n) is 15.8. The van der Waals surface area contributed by atoms with E-state index in [9.17, 15) is 22.8 Å². The first kappa shape index (κ1) is 21.1. The number of carbonyl (C=O) groups is 3. The number of esters is 1. The maximum atomic E-state index is 12.2. The molecule has 3 rings (SSSR count). The fourth-order valence-corrected chi connectivity index (χ4v) is 3.47. The van der Waals surface area contributed by atoms with Crippen LogP contribution in [0.1, 0.15) is 15.9 Å². The molecule has 0 spiro atoms. The lowest BCUT2D eigenvalue weighted by Crippen LogP contribution is -2.37. The van der Waals surface area contributed by atoms with Crippen molar-refractivity contribution in [2.75, 3.05) is 24.4 Å².